The largest absolute Gasteiger partial charge is 0.382 e. The summed E-state index contributed by atoms with van der Waals surface area (Å²) in [5.74, 6) is 0.854. The molecule has 0 bridgehead atoms. The monoisotopic (exact) mass is 445 g/mol. The van der Waals surface area contributed by atoms with E-state index in [4.69, 9.17) is 4.74 Å². The third-order valence-electron chi connectivity index (χ3n) is 3.35. The summed E-state index contributed by atoms with van der Waals surface area (Å²) in [6.45, 7) is 8.03. The van der Waals surface area contributed by atoms with Gasteiger partial charge in [0.25, 0.3) is 0 Å². The number of imidazole rings is 1. The van der Waals surface area contributed by atoms with E-state index in [0.29, 0.717) is 0 Å². The number of hydrogen-bond donors (Lipinski definition) is 2. The number of hydrogen-bond acceptors (Lipinski definition) is 3. The Bertz CT molecular complexity index is 581. The summed E-state index contributed by atoms with van der Waals surface area (Å²) < 4.78 is 7.37. The van der Waals surface area contributed by atoms with Crippen molar-refractivity contribution >= 4 is 35.6 Å². The normalized spacial score (nSPS) is 11.3. The number of nitrogens with zero attached hydrogens (tertiary/aromatic N) is 3. The number of aromatic nitrogens is 2. The lowest BCUT2D eigenvalue weighted by Crippen LogP contribution is -2.38. The van der Waals surface area contributed by atoms with E-state index in [1.54, 1.807) is 0 Å². The maximum absolute atomic E-state index is 5.32. The van der Waals surface area contributed by atoms with Crippen LogP contribution in [0.1, 0.15) is 26.0 Å². The van der Waals surface area contributed by atoms with Crippen LogP contribution in [-0.4, -0.2) is 48.2 Å². The van der Waals surface area contributed by atoms with Gasteiger partial charge in [0.15, 0.2) is 5.96 Å². The molecule has 0 aliphatic rings. The predicted octanol–water partition coefficient (Wildman–Crippen LogP) is 2.48. The van der Waals surface area contributed by atoms with Gasteiger partial charge in [0, 0.05) is 51.7 Å². The number of ether oxygens (including phenoxy) is 1. The van der Waals surface area contributed by atoms with Crippen LogP contribution >= 0.6 is 24.0 Å². The summed E-state index contributed by atoms with van der Waals surface area (Å²) in [7, 11) is 0. The molecule has 2 N–H and O–H groups in total. The van der Waals surface area contributed by atoms with Crippen molar-refractivity contribution in [2.24, 2.45) is 4.99 Å². The van der Waals surface area contributed by atoms with Gasteiger partial charge in [-0.15, -0.1) is 24.0 Å². The lowest BCUT2D eigenvalue weighted by Gasteiger charge is -2.10. The van der Waals surface area contributed by atoms with E-state index in [9.17, 15) is 0 Å². The average molecular weight is 445 g/mol. The average Bonchev–Trinajstić information content (AvgIpc) is 2.97. The molecule has 134 valence electrons. The quantitative estimate of drug-likeness (QED) is 0.270. The van der Waals surface area contributed by atoms with E-state index >= 15 is 0 Å². The summed E-state index contributed by atoms with van der Waals surface area (Å²) in [6.07, 6.45) is 5.90. The molecular formula is C17H28IN5O. The molecule has 0 aliphatic heterocycles. The maximum Gasteiger partial charge on any atom is 0.191 e. The SMILES string of the molecule is CCNC(=NCCCOCC)NCCc1cn2ccccc2n1.I. The van der Waals surface area contributed by atoms with Crippen molar-refractivity contribution in [2.75, 3.05) is 32.8 Å². The molecule has 0 fully saturated rings. The van der Waals surface area contributed by atoms with Gasteiger partial charge in [0.05, 0.1) is 5.69 Å². The molecule has 0 aliphatic carbocycles. The van der Waals surface area contributed by atoms with Gasteiger partial charge in [-0.3, -0.25) is 4.99 Å². The van der Waals surface area contributed by atoms with Gasteiger partial charge in [0.2, 0.25) is 0 Å². The van der Waals surface area contributed by atoms with Crippen LogP contribution in [0.15, 0.2) is 35.6 Å². The lowest BCUT2D eigenvalue weighted by molar-refractivity contribution is 0.146. The highest BCUT2D eigenvalue weighted by Crippen LogP contribution is 2.04. The fraction of sp³-hybridized carbons (Fsp3) is 0.529. The Morgan fingerprint density at radius 1 is 1.29 bits per heavy atom. The van der Waals surface area contributed by atoms with Crippen LogP contribution in [0, 0.1) is 0 Å². The number of rotatable bonds is 9. The Balaban J connectivity index is 0.00000288. The summed E-state index contributed by atoms with van der Waals surface area (Å²) in [5, 5.41) is 6.61. The fourth-order valence-corrected chi connectivity index (χ4v) is 2.26. The second-order valence-electron chi connectivity index (χ2n) is 5.19. The van der Waals surface area contributed by atoms with E-state index in [1.165, 1.54) is 0 Å². The van der Waals surface area contributed by atoms with Crippen molar-refractivity contribution in [3.63, 3.8) is 0 Å². The number of halogens is 1. The van der Waals surface area contributed by atoms with Gasteiger partial charge in [-0.05, 0) is 32.4 Å². The predicted molar refractivity (Wildman–Crippen MR) is 109 cm³/mol. The van der Waals surface area contributed by atoms with Crippen molar-refractivity contribution in [2.45, 2.75) is 26.7 Å². The van der Waals surface area contributed by atoms with Crippen LogP contribution in [0.4, 0.5) is 0 Å². The van der Waals surface area contributed by atoms with E-state index in [0.717, 1.165) is 63.0 Å². The molecule has 2 aromatic heterocycles. The van der Waals surface area contributed by atoms with E-state index < -0.39 is 0 Å². The van der Waals surface area contributed by atoms with Crippen molar-refractivity contribution < 1.29 is 4.74 Å². The minimum Gasteiger partial charge on any atom is -0.382 e. The molecule has 2 heterocycles. The van der Waals surface area contributed by atoms with Gasteiger partial charge >= 0.3 is 0 Å². The number of guanidine groups is 1. The first-order chi connectivity index (χ1) is 11.3. The number of aliphatic imine (C=N–C) groups is 1. The van der Waals surface area contributed by atoms with Gasteiger partial charge in [-0.2, -0.15) is 0 Å². The third kappa shape index (κ3) is 7.04. The van der Waals surface area contributed by atoms with Crippen LogP contribution in [0.25, 0.3) is 5.65 Å². The zero-order chi connectivity index (χ0) is 16.3. The van der Waals surface area contributed by atoms with Crippen LogP contribution in [0.5, 0.6) is 0 Å². The van der Waals surface area contributed by atoms with Gasteiger partial charge in [0.1, 0.15) is 5.65 Å². The summed E-state index contributed by atoms with van der Waals surface area (Å²) in [6, 6.07) is 6.03. The first-order valence-corrected chi connectivity index (χ1v) is 8.36. The Morgan fingerprint density at radius 3 is 2.92 bits per heavy atom. The molecule has 2 aromatic rings. The topological polar surface area (TPSA) is 63.0 Å². The highest BCUT2D eigenvalue weighted by molar-refractivity contribution is 14.0. The zero-order valence-electron chi connectivity index (χ0n) is 14.5. The molecule has 0 unspecified atom stereocenters. The van der Waals surface area contributed by atoms with E-state index in [-0.39, 0.29) is 24.0 Å². The minimum atomic E-state index is 0. The number of pyridine rings is 1. The number of fused-ring (bicyclic) bond motifs is 1. The Labute approximate surface area is 161 Å². The molecule has 0 saturated carbocycles. The lowest BCUT2D eigenvalue weighted by atomic mass is 10.3. The first kappa shape index (κ1) is 20.7. The van der Waals surface area contributed by atoms with Crippen molar-refractivity contribution in [3.05, 3.63) is 36.3 Å². The Kier molecular flexibility index (Phi) is 10.4. The molecule has 0 amide bonds. The smallest absolute Gasteiger partial charge is 0.191 e. The van der Waals surface area contributed by atoms with E-state index in [1.807, 2.05) is 35.7 Å². The maximum atomic E-state index is 5.32. The van der Waals surface area contributed by atoms with Gasteiger partial charge in [-0.25, -0.2) is 4.98 Å². The molecule has 0 aromatic carbocycles. The summed E-state index contributed by atoms with van der Waals surface area (Å²) >= 11 is 0. The molecule has 0 spiro atoms. The highest BCUT2D eigenvalue weighted by Gasteiger charge is 2.02. The molecular weight excluding hydrogens is 417 g/mol. The van der Waals surface area contributed by atoms with Crippen molar-refractivity contribution in [1.29, 1.82) is 0 Å². The second-order valence-corrected chi connectivity index (χ2v) is 5.19. The standard InChI is InChI=1S/C17H27N5O.HI/c1-3-18-17(19-10-7-13-23-4-2)20-11-9-15-14-22-12-6-5-8-16(22)21-15;/h5-6,8,12,14H,3-4,7,9-11,13H2,1-2H3,(H2,18,19,20);1H. The van der Waals surface area contributed by atoms with Crippen LogP contribution in [0.3, 0.4) is 0 Å². The summed E-state index contributed by atoms with van der Waals surface area (Å²) in [5.41, 5.74) is 2.06. The van der Waals surface area contributed by atoms with Crippen molar-refractivity contribution in [1.82, 2.24) is 20.0 Å². The first-order valence-electron chi connectivity index (χ1n) is 8.36. The molecule has 7 heteroatoms. The van der Waals surface area contributed by atoms with Crippen LogP contribution < -0.4 is 10.6 Å². The molecule has 0 atom stereocenters. The van der Waals surface area contributed by atoms with Crippen LogP contribution in [-0.2, 0) is 11.2 Å². The van der Waals surface area contributed by atoms with Crippen molar-refractivity contribution in [3.8, 4) is 0 Å². The van der Waals surface area contributed by atoms with E-state index in [2.05, 4.69) is 33.7 Å². The third-order valence-corrected chi connectivity index (χ3v) is 3.35. The second kappa shape index (κ2) is 12.1. The number of nitrogens with one attached hydrogen (secondary N) is 2. The molecule has 0 radical (unpaired) electrons. The minimum absolute atomic E-state index is 0. The fourth-order valence-electron chi connectivity index (χ4n) is 2.26. The molecule has 0 saturated heterocycles. The Morgan fingerprint density at radius 2 is 2.17 bits per heavy atom. The highest BCUT2D eigenvalue weighted by atomic mass is 127. The van der Waals surface area contributed by atoms with Gasteiger partial charge < -0.3 is 19.8 Å². The summed E-state index contributed by atoms with van der Waals surface area (Å²) in [4.78, 5) is 9.15. The Hall–Kier alpha value is -1.35. The van der Waals surface area contributed by atoms with Crippen LogP contribution in [0.2, 0.25) is 0 Å². The molecule has 2 rings (SSSR count). The molecule has 6 nitrogen and oxygen atoms in total. The zero-order valence-corrected chi connectivity index (χ0v) is 16.8. The van der Waals surface area contributed by atoms with Gasteiger partial charge in [-0.1, -0.05) is 6.07 Å². The molecule has 24 heavy (non-hydrogen) atoms.